The number of fused-ring (bicyclic) bond motifs is 1. The van der Waals surface area contributed by atoms with Gasteiger partial charge in [-0.2, -0.15) is 0 Å². The molecule has 0 aliphatic carbocycles. The Morgan fingerprint density at radius 1 is 0.973 bits per heavy atom. The van der Waals surface area contributed by atoms with Crippen molar-refractivity contribution in [3.8, 4) is 0 Å². The molecular weight excluding hydrogens is 486 g/mol. The zero-order valence-corrected chi connectivity index (χ0v) is 21.4. The van der Waals surface area contributed by atoms with Crippen molar-refractivity contribution in [2.45, 2.75) is 19.9 Å². The SMILES string of the molecule is CCc1nc2ccc(Cl)cn2c1C(=O)NCc1ccc(N2CC3(CN(C(=O)c4ccccc4)C3)C2)cc1. The number of benzene rings is 2. The van der Waals surface area contributed by atoms with E-state index < -0.39 is 0 Å². The molecule has 2 aliphatic rings. The standard InChI is InChI=1S/C29H28ClN5O2/c1-2-24-26(35-15-22(30)10-13-25(35)32-24)27(36)31-14-20-8-11-23(12-9-20)33-16-29(17-33)18-34(19-29)28(37)21-6-4-3-5-7-21/h3-13,15H,2,14,16-19H2,1H3,(H,31,36). The highest BCUT2D eigenvalue weighted by atomic mass is 35.5. The monoisotopic (exact) mass is 513 g/mol. The third kappa shape index (κ3) is 4.33. The van der Waals surface area contributed by atoms with Gasteiger partial charge in [0, 0.05) is 55.6 Å². The van der Waals surface area contributed by atoms with Gasteiger partial charge in [0.1, 0.15) is 11.3 Å². The summed E-state index contributed by atoms with van der Waals surface area (Å²) in [4.78, 5) is 34.5. The minimum atomic E-state index is -0.167. The molecule has 0 saturated carbocycles. The van der Waals surface area contributed by atoms with E-state index in [2.05, 4.69) is 39.5 Å². The lowest BCUT2D eigenvalue weighted by Crippen LogP contribution is -2.73. The zero-order chi connectivity index (χ0) is 25.6. The highest BCUT2D eigenvalue weighted by Crippen LogP contribution is 2.42. The molecule has 2 saturated heterocycles. The zero-order valence-electron chi connectivity index (χ0n) is 20.7. The molecule has 2 aliphatic heterocycles. The minimum Gasteiger partial charge on any atom is -0.370 e. The Morgan fingerprint density at radius 2 is 1.70 bits per heavy atom. The molecule has 0 unspecified atom stereocenters. The predicted molar refractivity (Wildman–Crippen MR) is 144 cm³/mol. The highest BCUT2D eigenvalue weighted by Gasteiger charge is 2.53. The van der Waals surface area contributed by atoms with Crippen molar-refractivity contribution >= 4 is 34.7 Å². The smallest absolute Gasteiger partial charge is 0.270 e. The van der Waals surface area contributed by atoms with Crippen LogP contribution in [-0.2, 0) is 13.0 Å². The van der Waals surface area contributed by atoms with Gasteiger partial charge in [0.25, 0.3) is 11.8 Å². The molecule has 2 aromatic carbocycles. The summed E-state index contributed by atoms with van der Waals surface area (Å²) in [6.45, 7) is 5.96. The third-order valence-corrected chi connectivity index (χ3v) is 7.60. The Hall–Kier alpha value is -3.84. The molecule has 8 heteroatoms. The number of imidazole rings is 1. The summed E-state index contributed by atoms with van der Waals surface area (Å²) >= 11 is 6.15. The fraction of sp³-hybridized carbons (Fsp3) is 0.276. The van der Waals surface area contributed by atoms with E-state index in [0.717, 1.165) is 43.0 Å². The van der Waals surface area contributed by atoms with Crippen LogP contribution in [0.4, 0.5) is 5.69 Å². The molecule has 2 aromatic heterocycles. The van der Waals surface area contributed by atoms with E-state index in [0.29, 0.717) is 29.3 Å². The van der Waals surface area contributed by atoms with Crippen LogP contribution in [0.25, 0.3) is 5.65 Å². The Balaban J connectivity index is 1.03. The summed E-state index contributed by atoms with van der Waals surface area (Å²) in [6.07, 6.45) is 2.39. The van der Waals surface area contributed by atoms with Gasteiger partial charge in [0.2, 0.25) is 0 Å². The normalized spacial score (nSPS) is 15.9. The Morgan fingerprint density at radius 3 is 2.41 bits per heavy atom. The van der Waals surface area contributed by atoms with Crippen molar-refractivity contribution in [2.75, 3.05) is 31.1 Å². The second kappa shape index (κ2) is 9.23. The molecule has 188 valence electrons. The molecule has 2 fully saturated rings. The van der Waals surface area contributed by atoms with E-state index in [9.17, 15) is 9.59 Å². The van der Waals surface area contributed by atoms with Crippen molar-refractivity contribution in [2.24, 2.45) is 5.41 Å². The van der Waals surface area contributed by atoms with Crippen LogP contribution in [0.3, 0.4) is 0 Å². The van der Waals surface area contributed by atoms with Gasteiger partial charge in [0.15, 0.2) is 0 Å². The van der Waals surface area contributed by atoms with E-state index in [1.54, 1.807) is 16.7 Å². The number of aromatic nitrogens is 2. The molecule has 1 spiro atoms. The number of aryl methyl sites for hydroxylation is 1. The molecule has 4 aromatic rings. The molecule has 7 nitrogen and oxygen atoms in total. The van der Waals surface area contributed by atoms with Crippen LogP contribution in [0, 0.1) is 5.41 Å². The lowest BCUT2D eigenvalue weighted by molar-refractivity contribution is -0.0104. The number of amides is 2. The van der Waals surface area contributed by atoms with Crippen molar-refractivity contribution in [3.63, 3.8) is 0 Å². The van der Waals surface area contributed by atoms with Gasteiger partial charge in [-0.25, -0.2) is 4.98 Å². The largest absolute Gasteiger partial charge is 0.370 e. The first-order chi connectivity index (χ1) is 17.9. The Labute approximate surface area is 220 Å². The highest BCUT2D eigenvalue weighted by molar-refractivity contribution is 6.30. The van der Waals surface area contributed by atoms with Crippen molar-refractivity contribution in [1.82, 2.24) is 19.6 Å². The Bertz CT molecular complexity index is 1470. The predicted octanol–water partition coefficient (Wildman–Crippen LogP) is 4.44. The topological polar surface area (TPSA) is 70.0 Å². The molecule has 6 rings (SSSR count). The minimum absolute atomic E-state index is 0.120. The maximum atomic E-state index is 13.0. The fourth-order valence-electron chi connectivity index (χ4n) is 5.46. The molecule has 4 heterocycles. The lowest BCUT2D eigenvalue weighted by atomic mass is 9.72. The summed E-state index contributed by atoms with van der Waals surface area (Å²) in [5.74, 6) is -0.0471. The summed E-state index contributed by atoms with van der Waals surface area (Å²) < 4.78 is 1.76. The number of hydrogen-bond donors (Lipinski definition) is 1. The van der Waals surface area contributed by atoms with Crippen LogP contribution in [0.15, 0.2) is 72.9 Å². The van der Waals surface area contributed by atoms with Gasteiger partial charge >= 0.3 is 0 Å². The van der Waals surface area contributed by atoms with Gasteiger partial charge in [-0.05, 0) is 48.4 Å². The first-order valence-electron chi connectivity index (χ1n) is 12.6. The number of pyridine rings is 1. The molecule has 1 N–H and O–H groups in total. The van der Waals surface area contributed by atoms with Crippen molar-refractivity contribution < 1.29 is 9.59 Å². The average molecular weight is 514 g/mol. The number of hydrogen-bond acceptors (Lipinski definition) is 4. The maximum absolute atomic E-state index is 13.0. The van der Waals surface area contributed by atoms with E-state index in [-0.39, 0.29) is 17.2 Å². The third-order valence-electron chi connectivity index (χ3n) is 7.37. The number of likely N-dealkylation sites (tertiary alicyclic amines) is 1. The van der Waals surface area contributed by atoms with Crippen LogP contribution in [0.5, 0.6) is 0 Å². The van der Waals surface area contributed by atoms with Crippen molar-refractivity contribution in [1.29, 1.82) is 0 Å². The molecule has 0 radical (unpaired) electrons. The number of halogens is 1. The molecule has 2 amide bonds. The average Bonchev–Trinajstić information content (AvgIpc) is 3.24. The van der Waals surface area contributed by atoms with Crippen molar-refractivity contribution in [3.05, 3.63) is 100 Å². The number of nitrogens with one attached hydrogen (secondary N) is 1. The van der Waals surface area contributed by atoms with Crippen LogP contribution in [0.1, 0.15) is 39.0 Å². The van der Waals surface area contributed by atoms with E-state index in [1.807, 2.05) is 48.2 Å². The summed E-state index contributed by atoms with van der Waals surface area (Å²) in [7, 11) is 0. The summed E-state index contributed by atoms with van der Waals surface area (Å²) in [5, 5.41) is 3.59. The van der Waals surface area contributed by atoms with Crippen LogP contribution < -0.4 is 10.2 Å². The quantitative estimate of drug-likeness (QED) is 0.414. The summed E-state index contributed by atoms with van der Waals surface area (Å²) in [6, 6.07) is 21.4. The number of carbonyl (C=O) groups is 2. The van der Waals surface area contributed by atoms with Gasteiger partial charge in [-0.1, -0.05) is 48.9 Å². The van der Waals surface area contributed by atoms with Gasteiger partial charge in [-0.3, -0.25) is 14.0 Å². The molecule has 0 bridgehead atoms. The maximum Gasteiger partial charge on any atom is 0.270 e. The molecule has 0 atom stereocenters. The number of carbonyl (C=O) groups excluding carboxylic acids is 2. The second-order valence-corrected chi connectivity index (χ2v) is 10.5. The first kappa shape index (κ1) is 23.6. The molecule has 37 heavy (non-hydrogen) atoms. The molecular formula is C29H28ClN5O2. The van der Waals surface area contributed by atoms with Crippen LogP contribution >= 0.6 is 11.6 Å². The first-order valence-corrected chi connectivity index (χ1v) is 13.0. The van der Waals surface area contributed by atoms with Gasteiger partial charge < -0.3 is 15.1 Å². The summed E-state index contributed by atoms with van der Waals surface area (Å²) in [5.41, 5.74) is 5.16. The van der Waals surface area contributed by atoms with E-state index >= 15 is 0 Å². The fourth-order valence-corrected chi connectivity index (χ4v) is 5.62. The van der Waals surface area contributed by atoms with Gasteiger partial charge in [-0.15, -0.1) is 0 Å². The number of anilines is 1. The van der Waals surface area contributed by atoms with Crippen LogP contribution in [0.2, 0.25) is 5.02 Å². The number of nitrogens with zero attached hydrogens (tertiary/aromatic N) is 4. The second-order valence-electron chi connectivity index (χ2n) is 10.1. The van der Waals surface area contributed by atoms with E-state index in [1.165, 1.54) is 5.69 Å². The van der Waals surface area contributed by atoms with Crippen LogP contribution in [-0.4, -0.2) is 52.3 Å². The van der Waals surface area contributed by atoms with Gasteiger partial charge in [0.05, 0.1) is 10.7 Å². The Kier molecular flexibility index (Phi) is 5.88. The number of rotatable bonds is 6. The lowest BCUT2D eigenvalue weighted by Gasteiger charge is -2.61. The van der Waals surface area contributed by atoms with E-state index in [4.69, 9.17) is 11.6 Å².